The summed E-state index contributed by atoms with van der Waals surface area (Å²) in [6.45, 7) is 6.98. The minimum absolute atomic E-state index is 0.0145. The van der Waals surface area contributed by atoms with E-state index in [1.54, 1.807) is 36.4 Å². The predicted molar refractivity (Wildman–Crippen MR) is 151 cm³/mol. The van der Waals surface area contributed by atoms with Crippen LogP contribution in [0.3, 0.4) is 0 Å². The molecule has 1 fully saturated rings. The zero-order valence-corrected chi connectivity index (χ0v) is 22.1. The number of nitrogens with zero attached hydrogens (tertiary/aromatic N) is 3. The summed E-state index contributed by atoms with van der Waals surface area (Å²) in [5.41, 5.74) is 3.87. The summed E-state index contributed by atoms with van der Waals surface area (Å²) in [5.74, 6) is -0.794. The second kappa shape index (κ2) is 10.7. The first-order chi connectivity index (χ1) is 18.3. The quantitative estimate of drug-likeness (QED) is 0.445. The van der Waals surface area contributed by atoms with Gasteiger partial charge in [0.25, 0.3) is 17.7 Å². The Morgan fingerprint density at radius 1 is 0.789 bits per heavy atom. The van der Waals surface area contributed by atoms with Crippen molar-refractivity contribution in [1.82, 2.24) is 4.90 Å². The van der Waals surface area contributed by atoms with Gasteiger partial charge in [0.15, 0.2) is 0 Å². The van der Waals surface area contributed by atoms with Crippen LogP contribution >= 0.6 is 11.6 Å². The van der Waals surface area contributed by atoms with E-state index in [9.17, 15) is 14.4 Å². The lowest BCUT2D eigenvalue weighted by Gasteiger charge is -2.36. The van der Waals surface area contributed by atoms with E-state index in [4.69, 9.17) is 11.6 Å². The lowest BCUT2D eigenvalue weighted by atomic mass is 10.0. The number of amides is 3. The number of imide groups is 1. The molecule has 0 radical (unpaired) electrons. The van der Waals surface area contributed by atoms with Gasteiger partial charge in [0.1, 0.15) is 10.7 Å². The Balaban J connectivity index is 1.22. The van der Waals surface area contributed by atoms with Crippen molar-refractivity contribution in [1.29, 1.82) is 0 Å². The highest BCUT2D eigenvalue weighted by Crippen LogP contribution is 2.31. The molecule has 2 aliphatic rings. The molecule has 194 valence electrons. The number of para-hydroxylation sites is 1. The van der Waals surface area contributed by atoms with Crippen molar-refractivity contribution in [3.05, 3.63) is 101 Å². The van der Waals surface area contributed by atoms with E-state index < -0.39 is 11.8 Å². The molecule has 0 bridgehead atoms. The summed E-state index contributed by atoms with van der Waals surface area (Å²) in [7, 11) is 0. The third-order valence-electron chi connectivity index (χ3n) is 6.93. The summed E-state index contributed by atoms with van der Waals surface area (Å²) in [6, 6.07) is 24.3. The first-order valence-electron chi connectivity index (χ1n) is 12.7. The Morgan fingerprint density at radius 3 is 2.03 bits per heavy atom. The van der Waals surface area contributed by atoms with Crippen LogP contribution in [0, 0.1) is 0 Å². The van der Waals surface area contributed by atoms with Crippen molar-refractivity contribution in [2.45, 2.75) is 19.8 Å². The van der Waals surface area contributed by atoms with Crippen LogP contribution < -0.4 is 15.1 Å². The van der Waals surface area contributed by atoms with Crippen LogP contribution in [0.15, 0.2) is 89.6 Å². The number of piperazine rings is 1. The smallest absolute Gasteiger partial charge is 0.283 e. The molecule has 1 saturated heterocycles. The van der Waals surface area contributed by atoms with Gasteiger partial charge in [-0.25, -0.2) is 4.90 Å². The summed E-state index contributed by atoms with van der Waals surface area (Å²) < 4.78 is 0. The Labute approximate surface area is 227 Å². The van der Waals surface area contributed by atoms with Gasteiger partial charge in [0, 0.05) is 43.1 Å². The largest absolute Gasteiger partial charge is 0.368 e. The third-order valence-corrected chi connectivity index (χ3v) is 7.29. The molecule has 8 heteroatoms. The third kappa shape index (κ3) is 5.02. The van der Waals surface area contributed by atoms with Crippen LogP contribution in [0.1, 0.15) is 35.7 Å². The van der Waals surface area contributed by atoms with E-state index in [0.29, 0.717) is 35.9 Å². The summed E-state index contributed by atoms with van der Waals surface area (Å²) in [5, 5.41) is 2.81. The molecule has 0 unspecified atom stereocenters. The zero-order valence-electron chi connectivity index (χ0n) is 21.4. The van der Waals surface area contributed by atoms with Crippen LogP contribution in [0.2, 0.25) is 0 Å². The molecule has 38 heavy (non-hydrogen) atoms. The van der Waals surface area contributed by atoms with Gasteiger partial charge in [-0.05, 0) is 60.0 Å². The van der Waals surface area contributed by atoms with Gasteiger partial charge in [-0.2, -0.15) is 0 Å². The summed E-state index contributed by atoms with van der Waals surface area (Å²) in [6.07, 6.45) is 0. The van der Waals surface area contributed by atoms with Crippen LogP contribution in [0.25, 0.3) is 0 Å². The van der Waals surface area contributed by atoms with Crippen molar-refractivity contribution in [3.63, 3.8) is 0 Å². The molecule has 2 heterocycles. The van der Waals surface area contributed by atoms with Crippen LogP contribution in [0.5, 0.6) is 0 Å². The highest BCUT2D eigenvalue weighted by atomic mass is 35.5. The van der Waals surface area contributed by atoms with Crippen LogP contribution in [0.4, 0.5) is 17.1 Å². The topological polar surface area (TPSA) is 73.0 Å². The highest BCUT2D eigenvalue weighted by Gasteiger charge is 2.39. The fraction of sp³-hybridized carbons (Fsp3) is 0.233. The van der Waals surface area contributed by atoms with Gasteiger partial charge in [0.2, 0.25) is 0 Å². The molecule has 0 aromatic heterocycles. The lowest BCUT2D eigenvalue weighted by molar-refractivity contribution is -0.120. The van der Waals surface area contributed by atoms with E-state index in [1.165, 1.54) is 0 Å². The molecule has 7 nitrogen and oxygen atoms in total. The molecule has 3 aromatic carbocycles. The number of carbonyl (C=O) groups excluding carboxylic acids is 3. The second-order valence-corrected chi connectivity index (χ2v) is 10.1. The van der Waals surface area contributed by atoms with Gasteiger partial charge in [0.05, 0.1) is 5.69 Å². The van der Waals surface area contributed by atoms with Gasteiger partial charge in [-0.15, -0.1) is 0 Å². The van der Waals surface area contributed by atoms with Crippen molar-refractivity contribution in [2.24, 2.45) is 0 Å². The van der Waals surface area contributed by atoms with Crippen molar-refractivity contribution in [3.8, 4) is 0 Å². The maximum absolute atomic E-state index is 13.1. The number of hydrogen-bond donors (Lipinski definition) is 1. The van der Waals surface area contributed by atoms with Crippen LogP contribution in [-0.2, 0) is 9.59 Å². The second-order valence-electron chi connectivity index (χ2n) is 9.70. The first kappa shape index (κ1) is 25.5. The van der Waals surface area contributed by atoms with Gasteiger partial charge >= 0.3 is 0 Å². The molecule has 0 aliphatic carbocycles. The lowest BCUT2D eigenvalue weighted by Crippen LogP contribution is -2.48. The van der Waals surface area contributed by atoms with Gasteiger partial charge in [-0.1, -0.05) is 55.8 Å². The van der Waals surface area contributed by atoms with Crippen molar-refractivity contribution in [2.75, 3.05) is 41.3 Å². The predicted octanol–water partition coefficient (Wildman–Crippen LogP) is 5.21. The van der Waals surface area contributed by atoms with Gasteiger partial charge < -0.3 is 15.1 Å². The Morgan fingerprint density at radius 2 is 1.42 bits per heavy atom. The Bertz CT molecular complexity index is 1380. The number of carbonyl (C=O) groups is 3. The molecule has 5 rings (SSSR count). The number of anilines is 3. The van der Waals surface area contributed by atoms with Crippen molar-refractivity contribution >= 4 is 46.4 Å². The number of nitrogens with one attached hydrogen (secondary N) is 1. The zero-order chi connectivity index (χ0) is 26.8. The van der Waals surface area contributed by atoms with E-state index in [1.807, 2.05) is 35.2 Å². The molecular weight excluding hydrogens is 500 g/mol. The number of benzene rings is 3. The molecule has 0 spiro atoms. The van der Waals surface area contributed by atoms with Crippen molar-refractivity contribution < 1.29 is 14.4 Å². The molecule has 3 aromatic rings. The van der Waals surface area contributed by atoms with E-state index >= 15 is 0 Å². The molecular formula is C30H29ClN4O3. The van der Waals surface area contributed by atoms with E-state index in [2.05, 4.69) is 36.2 Å². The fourth-order valence-corrected chi connectivity index (χ4v) is 4.90. The Hall–Kier alpha value is -4.10. The average Bonchev–Trinajstić information content (AvgIpc) is 3.16. The molecule has 1 N–H and O–H groups in total. The normalized spacial score (nSPS) is 16.1. The molecule has 0 saturated carbocycles. The summed E-state index contributed by atoms with van der Waals surface area (Å²) >= 11 is 6.28. The molecule has 3 amide bonds. The molecule has 0 atom stereocenters. The fourth-order valence-electron chi connectivity index (χ4n) is 4.68. The monoisotopic (exact) mass is 528 g/mol. The molecule has 2 aliphatic heterocycles. The Kier molecular flexibility index (Phi) is 7.20. The highest BCUT2D eigenvalue weighted by molar-refractivity contribution is 6.53. The maximum atomic E-state index is 13.1. The number of halogens is 1. The number of rotatable bonds is 6. The minimum Gasteiger partial charge on any atom is -0.368 e. The standard InChI is InChI=1S/C30H29ClN4O3/c1-20(2)21-10-14-25(15-11-21)35-29(37)26(31)27(30(35)38)32-23-12-8-22(9-13-23)28(36)34-18-16-33(17-19-34)24-6-4-3-5-7-24/h3-15,20,32H,16-19H2,1-2H3. The minimum atomic E-state index is -0.571. The summed E-state index contributed by atoms with van der Waals surface area (Å²) in [4.78, 5) is 44.1. The van der Waals surface area contributed by atoms with E-state index in [0.717, 1.165) is 29.2 Å². The maximum Gasteiger partial charge on any atom is 0.283 e. The van der Waals surface area contributed by atoms with Crippen LogP contribution in [-0.4, -0.2) is 48.8 Å². The number of hydrogen-bond acceptors (Lipinski definition) is 5. The first-order valence-corrected chi connectivity index (χ1v) is 13.1. The van der Waals surface area contributed by atoms with E-state index in [-0.39, 0.29) is 16.6 Å². The SMILES string of the molecule is CC(C)c1ccc(N2C(=O)C(Cl)=C(Nc3ccc(C(=O)N4CCN(c5ccccc5)CC4)cc3)C2=O)cc1. The average molecular weight is 529 g/mol. The van der Waals surface area contributed by atoms with Gasteiger partial charge in [-0.3, -0.25) is 14.4 Å².